The van der Waals surface area contributed by atoms with E-state index in [-0.39, 0.29) is 6.04 Å². The van der Waals surface area contributed by atoms with Crippen LogP contribution in [0.15, 0.2) is 42.6 Å². The molecule has 4 nitrogen and oxygen atoms in total. The van der Waals surface area contributed by atoms with E-state index in [1.165, 1.54) is 4.70 Å². The molecule has 0 amide bonds. The van der Waals surface area contributed by atoms with E-state index in [4.69, 9.17) is 10.5 Å². The van der Waals surface area contributed by atoms with Crippen molar-refractivity contribution in [2.24, 2.45) is 5.73 Å². The van der Waals surface area contributed by atoms with Crippen LogP contribution in [-0.2, 0) is 6.42 Å². The summed E-state index contributed by atoms with van der Waals surface area (Å²) < 4.78 is 6.22. The van der Waals surface area contributed by atoms with Gasteiger partial charge in [-0.3, -0.25) is 0 Å². The fourth-order valence-electron chi connectivity index (χ4n) is 2.04. The average molecular weight is 285 g/mol. The van der Waals surface area contributed by atoms with Crippen molar-refractivity contribution in [3.63, 3.8) is 0 Å². The molecule has 0 saturated carbocycles. The molecule has 2 aromatic heterocycles. The summed E-state index contributed by atoms with van der Waals surface area (Å²) in [5.41, 5.74) is 8.34. The van der Waals surface area contributed by atoms with Crippen LogP contribution in [0.1, 0.15) is 16.6 Å². The van der Waals surface area contributed by atoms with Gasteiger partial charge in [0.1, 0.15) is 5.01 Å². The van der Waals surface area contributed by atoms with Gasteiger partial charge in [-0.1, -0.05) is 18.2 Å². The van der Waals surface area contributed by atoms with Gasteiger partial charge in [-0.15, -0.1) is 11.3 Å². The zero-order valence-corrected chi connectivity index (χ0v) is 11.9. The molecule has 0 fully saturated rings. The van der Waals surface area contributed by atoms with Gasteiger partial charge >= 0.3 is 0 Å². The summed E-state index contributed by atoms with van der Waals surface area (Å²) in [7, 11) is 1.61. The molecule has 1 unspecified atom stereocenters. The molecule has 2 N–H and O–H groups in total. The molecule has 0 aliphatic rings. The summed E-state index contributed by atoms with van der Waals surface area (Å²) in [5.74, 6) is 0.613. The molecular formula is C15H15N3OS. The molecule has 0 spiro atoms. The summed E-state index contributed by atoms with van der Waals surface area (Å²) in [6.45, 7) is 0. The lowest BCUT2D eigenvalue weighted by atomic mass is 10.1. The monoisotopic (exact) mass is 285 g/mol. The number of thiazole rings is 1. The zero-order valence-electron chi connectivity index (χ0n) is 11.1. The number of benzene rings is 1. The zero-order chi connectivity index (χ0) is 13.9. The topological polar surface area (TPSA) is 61.0 Å². The highest BCUT2D eigenvalue weighted by molar-refractivity contribution is 7.18. The smallest absolute Gasteiger partial charge is 0.212 e. The van der Waals surface area contributed by atoms with E-state index in [0.29, 0.717) is 5.88 Å². The number of hydrogen-bond donors (Lipinski definition) is 1. The van der Waals surface area contributed by atoms with Crippen molar-refractivity contribution in [2.45, 2.75) is 12.5 Å². The highest BCUT2D eigenvalue weighted by Crippen LogP contribution is 2.26. The van der Waals surface area contributed by atoms with Crippen LogP contribution in [0, 0.1) is 0 Å². The Labute approximate surface area is 121 Å². The van der Waals surface area contributed by atoms with Crippen LogP contribution in [-0.4, -0.2) is 17.1 Å². The van der Waals surface area contributed by atoms with Gasteiger partial charge in [0, 0.05) is 12.3 Å². The standard InChI is InChI=1S/C15H15N3OS/c1-19-14-7-6-10(9-17-14)8-11(16)15-18-12-4-2-3-5-13(12)20-15/h2-7,9,11H,8,16H2,1H3. The number of aromatic nitrogens is 2. The second kappa shape index (κ2) is 5.56. The highest BCUT2D eigenvalue weighted by Gasteiger charge is 2.12. The van der Waals surface area contributed by atoms with Crippen molar-refractivity contribution in [3.8, 4) is 5.88 Å². The minimum atomic E-state index is -0.109. The third kappa shape index (κ3) is 2.64. The maximum Gasteiger partial charge on any atom is 0.212 e. The fourth-order valence-corrected chi connectivity index (χ4v) is 3.01. The lowest BCUT2D eigenvalue weighted by Crippen LogP contribution is -2.13. The third-order valence-electron chi connectivity index (χ3n) is 3.09. The minimum absolute atomic E-state index is 0.109. The Balaban J connectivity index is 1.79. The fraction of sp³-hybridized carbons (Fsp3) is 0.200. The average Bonchev–Trinajstić information content (AvgIpc) is 2.92. The second-order valence-corrected chi connectivity index (χ2v) is 5.60. The van der Waals surface area contributed by atoms with Crippen LogP contribution in [0.4, 0.5) is 0 Å². The van der Waals surface area contributed by atoms with Crippen LogP contribution in [0.3, 0.4) is 0 Å². The molecule has 3 aromatic rings. The van der Waals surface area contributed by atoms with Crippen LogP contribution >= 0.6 is 11.3 Å². The van der Waals surface area contributed by atoms with Gasteiger partial charge in [0.05, 0.1) is 23.4 Å². The first-order valence-electron chi connectivity index (χ1n) is 6.36. The van der Waals surface area contributed by atoms with Gasteiger partial charge in [0.25, 0.3) is 0 Å². The Hall–Kier alpha value is -1.98. The summed E-state index contributed by atoms with van der Waals surface area (Å²) in [6, 6.07) is 11.8. The molecule has 1 atom stereocenters. The number of fused-ring (bicyclic) bond motifs is 1. The minimum Gasteiger partial charge on any atom is -0.481 e. The molecular weight excluding hydrogens is 270 g/mol. The van der Waals surface area contributed by atoms with E-state index < -0.39 is 0 Å². The summed E-state index contributed by atoms with van der Waals surface area (Å²) >= 11 is 1.65. The quantitative estimate of drug-likeness (QED) is 0.800. The number of hydrogen-bond acceptors (Lipinski definition) is 5. The molecule has 1 aromatic carbocycles. The largest absolute Gasteiger partial charge is 0.481 e. The normalized spacial score (nSPS) is 12.5. The molecule has 5 heteroatoms. The number of nitrogens with two attached hydrogens (primary N) is 1. The summed E-state index contributed by atoms with van der Waals surface area (Å²) in [4.78, 5) is 8.78. The number of rotatable bonds is 4. The molecule has 0 saturated heterocycles. The van der Waals surface area contributed by atoms with E-state index in [2.05, 4.69) is 16.0 Å². The van der Waals surface area contributed by atoms with Gasteiger partial charge in [-0.05, 0) is 24.1 Å². The lowest BCUT2D eigenvalue weighted by molar-refractivity contribution is 0.397. The van der Waals surface area contributed by atoms with Crippen LogP contribution < -0.4 is 10.5 Å². The molecule has 20 heavy (non-hydrogen) atoms. The van der Waals surface area contributed by atoms with Gasteiger partial charge in [0.2, 0.25) is 5.88 Å². The number of methoxy groups -OCH3 is 1. The SMILES string of the molecule is COc1ccc(CC(N)c2nc3ccccc3s2)cn1. The van der Waals surface area contributed by atoms with Crippen LogP contribution in [0.25, 0.3) is 10.2 Å². The molecule has 2 heterocycles. The van der Waals surface area contributed by atoms with E-state index in [1.54, 1.807) is 24.6 Å². The first-order chi connectivity index (χ1) is 9.76. The molecule has 3 rings (SSSR count). The predicted octanol–water partition coefficient (Wildman–Crippen LogP) is 2.94. The van der Waals surface area contributed by atoms with Gasteiger partial charge in [-0.25, -0.2) is 9.97 Å². The molecule has 0 aliphatic heterocycles. The summed E-state index contributed by atoms with van der Waals surface area (Å²) in [5, 5.41) is 0.960. The van der Waals surface area contributed by atoms with Crippen molar-refractivity contribution in [2.75, 3.05) is 7.11 Å². The number of para-hydroxylation sites is 1. The van der Waals surface area contributed by atoms with Crippen molar-refractivity contribution >= 4 is 21.6 Å². The Morgan fingerprint density at radius 2 is 2.10 bits per heavy atom. The van der Waals surface area contributed by atoms with Crippen molar-refractivity contribution in [1.82, 2.24) is 9.97 Å². The van der Waals surface area contributed by atoms with Crippen molar-refractivity contribution in [1.29, 1.82) is 0 Å². The van der Waals surface area contributed by atoms with Crippen molar-refractivity contribution in [3.05, 3.63) is 53.2 Å². The third-order valence-corrected chi connectivity index (χ3v) is 4.26. The summed E-state index contributed by atoms with van der Waals surface area (Å²) in [6.07, 6.45) is 2.52. The predicted molar refractivity (Wildman–Crippen MR) is 81.0 cm³/mol. The Morgan fingerprint density at radius 3 is 2.80 bits per heavy atom. The van der Waals surface area contributed by atoms with E-state index in [9.17, 15) is 0 Å². The van der Waals surface area contributed by atoms with E-state index in [1.807, 2.05) is 30.3 Å². The number of nitrogens with zero attached hydrogens (tertiary/aromatic N) is 2. The maximum absolute atomic E-state index is 6.25. The maximum atomic E-state index is 6.25. The molecule has 0 radical (unpaired) electrons. The second-order valence-electron chi connectivity index (χ2n) is 4.54. The number of ether oxygens (including phenoxy) is 1. The Bertz CT molecular complexity index is 675. The van der Waals surface area contributed by atoms with Gasteiger partial charge in [0.15, 0.2) is 0 Å². The van der Waals surface area contributed by atoms with Crippen LogP contribution in [0.5, 0.6) is 5.88 Å². The first-order valence-corrected chi connectivity index (χ1v) is 7.18. The van der Waals surface area contributed by atoms with Crippen molar-refractivity contribution < 1.29 is 4.74 Å². The van der Waals surface area contributed by atoms with E-state index >= 15 is 0 Å². The highest BCUT2D eigenvalue weighted by atomic mass is 32.1. The van der Waals surface area contributed by atoms with Gasteiger partial charge in [-0.2, -0.15) is 0 Å². The Kier molecular flexibility index (Phi) is 3.62. The molecule has 102 valence electrons. The first kappa shape index (κ1) is 13.0. The lowest BCUT2D eigenvalue weighted by Gasteiger charge is -2.08. The van der Waals surface area contributed by atoms with E-state index in [0.717, 1.165) is 22.5 Å². The number of pyridine rings is 1. The Morgan fingerprint density at radius 1 is 1.25 bits per heavy atom. The molecule has 0 bridgehead atoms. The molecule has 0 aliphatic carbocycles. The van der Waals surface area contributed by atoms with Gasteiger partial charge < -0.3 is 10.5 Å². The van der Waals surface area contributed by atoms with Crippen LogP contribution in [0.2, 0.25) is 0 Å².